The van der Waals surface area contributed by atoms with Gasteiger partial charge < -0.3 is 14.5 Å². The molecule has 0 aromatic heterocycles. The molecule has 0 N–H and O–H groups in total. The van der Waals surface area contributed by atoms with Crippen LogP contribution in [0, 0.1) is 0 Å². The van der Waals surface area contributed by atoms with E-state index in [0.29, 0.717) is 0 Å². The predicted octanol–water partition coefficient (Wildman–Crippen LogP) is 3.50. The quantitative estimate of drug-likeness (QED) is 0.779. The fourth-order valence-corrected chi connectivity index (χ4v) is 4.36. The van der Waals surface area contributed by atoms with E-state index in [0.717, 1.165) is 43.0 Å². The topological polar surface area (TPSA) is 32.8 Å². The molecule has 0 unspecified atom stereocenters. The number of carbonyl (C=O) groups excluding carboxylic acids is 1. The highest BCUT2D eigenvalue weighted by Crippen LogP contribution is 2.41. The Hall–Kier alpha value is -1.81. The normalized spacial score (nSPS) is 22.7. The third-order valence-electron chi connectivity index (χ3n) is 6.42. The molecule has 4 heteroatoms. The number of likely N-dealkylation sites (tertiary alicyclic amines) is 1. The molecule has 2 fully saturated rings. The van der Waals surface area contributed by atoms with E-state index in [1.54, 1.807) is 25.1 Å². The first-order chi connectivity index (χ1) is 12.5. The average molecular weight is 354 g/mol. The predicted molar refractivity (Wildman–Crippen MR) is 104 cm³/mol. The highest BCUT2D eigenvalue weighted by Gasteiger charge is 2.41. The number of hydrogen-bond acceptors (Lipinski definition) is 3. The Kier molecular flexibility index (Phi) is 4.78. The van der Waals surface area contributed by atoms with E-state index >= 15 is 0 Å². The van der Waals surface area contributed by atoms with Gasteiger partial charge in [-0.3, -0.25) is 4.79 Å². The molecule has 1 saturated carbocycles. The SMILES string of the molecule is CN(C)C(=O)/C=C/c1ccc2c(c1)CCC1(CCN(C3CCC3)CC1)O2. The van der Waals surface area contributed by atoms with Gasteiger partial charge in [-0.1, -0.05) is 12.5 Å². The van der Waals surface area contributed by atoms with Crippen LogP contribution in [0.15, 0.2) is 24.3 Å². The summed E-state index contributed by atoms with van der Waals surface area (Å²) in [4.78, 5) is 16.0. The minimum absolute atomic E-state index is 0.0103. The number of fused-ring (bicyclic) bond motifs is 1. The van der Waals surface area contributed by atoms with Crippen LogP contribution in [-0.2, 0) is 11.2 Å². The summed E-state index contributed by atoms with van der Waals surface area (Å²) in [5.74, 6) is 1.06. The van der Waals surface area contributed by atoms with Gasteiger partial charge >= 0.3 is 0 Å². The lowest BCUT2D eigenvalue weighted by molar-refractivity contribution is -0.123. The molecular formula is C22H30N2O2. The Balaban J connectivity index is 1.41. The first-order valence-corrected chi connectivity index (χ1v) is 10.0. The van der Waals surface area contributed by atoms with Gasteiger partial charge in [0, 0.05) is 39.3 Å². The summed E-state index contributed by atoms with van der Waals surface area (Å²) in [6.45, 7) is 2.38. The lowest BCUT2D eigenvalue weighted by atomic mass is 9.81. The van der Waals surface area contributed by atoms with Crippen LogP contribution in [-0.4, -0.2) is 54.5 Å². The van der Waals surface area contributed by atoms with Crippen molar-refractivity contribution in [2.45, 2.75) is 56.6 Å². The Labute approximate surface area is 156 Å². The van der Waals surface area contributed by atoms with E-state index < -0.39 is 0 Å². The van der Waals surface area contributed by atoms with Crippen molar-refractivity contribution in [1.29, 1.82) is 0 Å². The molecule has 1 aromatic carbocycles. The number of piperidine rings is 1. The van der Waals surface area contributed by atoms with Gasteiger partial charge in [0.25, 0.3) is 0 Å². The van der Waals surface area contributed by atoms with Crippen LogP contribution in [0.1, 0.15) is 49.7 Å². The number of hydrogen-bond donors (Lipinski definition) is 0. The number of amides is 1. The molecule has 2 heterocycles. The maximum absolute atomic E-state index is 11.7. The molecule has 0 radical (unpaired) electrons. The van der Waals surface area contributed by atoms with Gasteiger partial charge in [-0.25, -0.2) is 0 Å². The van der Waals surface area contributed by atoms with Crippen LogP contribution < -0.4 is 4.74 Å². The van der Waals surface area contributed by atoms with Crippen LogP contribution in [0.4, 0.5) is 0 Å². The van der Waals surface area contributed by atoms with E-state index in [1.807, 2.05) is 6.08 Å². The second kappa shape index (κ2) is 7.07. The standard InChI is InChI=1S/C22H30N2O2/c1-23(2)21(25)9-7-17-6-8-20-18(16-17)10-11-22(26-20)12-14-24(15-13-22)19-4-3-5-19/h6-9,16,19H,3-5,10-15H2,1-2H3/b9-7+. The molecule has 26 heavy (non-hydrogen) atoms. The van der Waals surface area contributed by atoms with Crippen molar-refractivity contribution in [2.24, 2.45) is 0 Å². The monoisotopic (exact) mass is 354 g/mol. The summed E-state index contributed by atoms with van der Waals surface area (Å²) in [5.41, 5.74) is 2.39. The first kappa shape index (κ1) is 17.6. The summed E-state index contributed by atoms with van der Waals surface area (Å²) in [6.07, 6.45) is 12.2. The molecule has 4 nitrogen and oxygen atoms in total. The third kappa shape index (κ3) is 3.52. The Morgan fingerprint density at radius 2 is 2.00 bits per heavy atom. The summed E-state index contributed by atoms with van der Waals surface area (Å²) in [6, 6.07) is 7.17. The Bertz CT molecular complexity index is 698. The van der Waals surface area contributed by atoms with Crippen LogP contribution in [0.25, 0.3) is 6.08 Å². The van der Waals surface area contributed by atoms with E-state index in [4.69, 9.17) is 4.74 Å². The molecule has 1 saturated heterocycles. The van der Waals surface area contributed by atoms with E-state index in [-0.39, 0.29) is 11.5 Å². The van der Waals surface area contributed by atoms with Crippen LogP contribution in [0.2, 0.25) is 0 Å². The second-order valence-electron chi connectivity index (χ2n) is 8.34. The second-order valence-corrected chi connectivity index (χ2v) is 8.34. The fourth-order valence-electron chi connectivity index (χ4n) is 4.36. The molecule has 1 aromatic rings. The maximum Gasteiger partial charge on any atom is 0.246 e. The minimum Gasteiger partial charge on any atom is -0.487 e. The van der Waals surface area contributed by atoms with Crippen LogP contribution in [0.5, 0.6) is 5.75 Å². The molecule has 0 atom stereocenters. The van der Waals surface area contributed by atoms with Gasteiger partial charge in [0.15, 0.2) is 0 Å². The highest BCUT2D eigenvalue weighted by molar-refractivity contribution is 5.91. The van der Waals surface area contributed by atoms with Gasteiger partial charge in [-0.15, -0.1) is 0 Å². The summed E-state index contributed by atoms with van der Waals surface area (Å²) in [5, 5.41) is 0. The maximum atomic E-state index is 11.7. The lowest BCUT2D eigenvalue weighted by Crippen LogP contribution is -2.53. The van der Waals surface area contributed by atoms with Crippen molar-refractivity contribution in [3.8, 4) is 5.75 Å². The molecular weight excluding hydrogens is 324 g/mol. The van der Waals surface area contributed by atoms with Crippen molar-refractivity contribution in [2.75, 3.05) is 27.2 Å². The number of aryl methyl sites for hydroxylation is 1. The van der Waals surface area contributed by atoms with Crippen molar-refractivity contribution >= 4 is 12.0 Å². The third-order valence-corrected chi connectivity index (χ3v) is 6.42. The van der Waals surface area contributed by atoms with Crippen LogP contribution in [0.3, 0.4) is 0 Å². The van der Waals surface area contributed by atoms with Crippen molar-refractivity contribution in [3.05, 3.63) is 35.4 Å². The molecule has 140 valence electrons. The van der Waals surface area contributed by atoms with Crippen molar-refractivity contribution in [1.82, 2.24) is 9.80 Å². The zero-order valence-corrected chi connectivity index (χ0v) is 16.0. The summed E-state index contributed by atoms with van der Waals surface area (Å²) in [7, 11) is 3.53. The highest BCUT2D eigenvalue weighted by atomic mass is 16.5. The molecule has 1 amide bonds. The van der Waals surface area contributed by atoms with Crippen LogP contribution >= 0.6 is 0 Å². The molecule has 3 aliphatic rings. The van der Waals surface area contributed by atoms with Gasteiger partial charge in [0.1, 0.15) is 11.4 Å². The summed E-state index contributed by atoms with van der Waals surface area (Å²) < 4.78 is 6.53. The average Bonchev–Trinajstić information content (AvgIpc) is 2.60. The van der Waals surface area contributed by atoms with E-state index in [2.05, 4.69) is 23.1 Å². The molecule has 2 aliphatic heterocycles. The summed E-state index contributed by atoms with van der Waals surface area (Å²) >= 11 is 0. The largest absolute Gasteiger partial charge is 0.487 e. The van der Waals surface area contributed by atoms with Gasteiger partial charge in [-0.05, 0) is 67.9 Å². The fraction of sp³-hybridized carbons (Fsp3) is 0.591. The van der Waals surface area contributed by atoms with Gasteiger partial charge in [0.05, 0.1) is 0 Å². The van der Waals surface area contributed by atoms with E-state index in [9.17, 15) is 4.79 Å². The zero-order valence-electron chi connectivity index (χ0n) is 16.0. The Morgan fingerprint density at radius 3 is 2.65 bits per heavy atom. The molecule has 0 bridgehead atoms. The Morgan fingerprint density at radius 1 is 1.23 bits per heavy atom. The first-order valence-electron chi connectivity index (χ1n) is 10.0. The minimum atomic E-state index is 0.0103. The number of benzene rings is 1. The molecule has 1 spiro atoms. The molecule has 4 rings (SSSR count). The van der Waals surface area contributed by atoms with Gasteiger partial charge in [-0.2, -0.15) is 0 Å². The number of ether oxygens (including phenoxy) is 1. The van der Waals surface area contributed by atoms with E-state index in [1.165, 1.54) is 37.9 Å². The van der Waals surface area contributed by atoms with Crippen molar-refractivity contribution < 1.29 is 9.53 Å². The number of nitrogens with zero attached hydrogens (tertiary/aromatic N) is 2. The lowest BCUT2D eigenvalue weighted by Gasteiger charge is -2.48. The molecule has 1 aliphatic carbocycles. The smallest absolute Gasteiger partial charge is 0.246 e. The number of carbonyl (C=O) groups is 1. The number of likely N-dealkylation sites (N-methyl/N-ethyl adjacent to an activating group) is 1. The number of rotatable bonds is 3. The zero-order chi connectivity index (χ0) is 18.1. The van der Waals surface area contributed by atoms with Gasteiger partial charge in [0.2, 0.25) is 5.91 Å². The van der Waals surface area contributed by atoms with Crippen molar-refractivity contribution in [3.63, 3.8) is 0 Å².